The molecule has 0 unspecified atom stereocenters. The minimum absolute atomic E-state index is 0.264. The van der Waals surface area contributed by atoms with Gasteiger partial charge in [0.2, 0.25) is 0 Å². The summed E-state index contributed by atoms with van der Waals surface area (Å²) < 4.78 is 1.62. The minimum Gasteiger partial charge on any atom is -0.478 e. The number of hydrogen-bond acceptors (Lipinski definition) is 2. The lowest BCUT2D eigenvalue weighted by Gasteiger charge is -1.97. The molecule has 0 aliphatic rings. The fourth-order valence-corrected chi connectivity index (χ4v) is 1.57. The van der Waals surface area contributed by atoms with E-state index in [1.54, 1.807) is 17.8 Å². The highest BCUT2D eigenvalue weighted by Gasteiger charge is 2.11. The molecule has 0 saturated carbocycles. The second-order valence-electron chi connectivity index (χ2n) is 3.36. The first-order chi connectivity index (χ1) is 6.58. The van der Waals surface area contributed by atoms with Gasteiger partial charge in [0.25, 0.3) is 0 Å². The summed E-state index contributed by atoms with van der Waals surface area (Å²) in [5, 5.41) is 13.9. The van der Waals surface area contributed by atoms with Gasteiger partial charge in [-0.25, -0.2) is 4.79 Å². The quantitative estimate of drug-likeness (QED) is 0.742. The van der Waals surface area contributed by atoms with Gasteiger partial charge in [0.15, 0.2) is 0 Å². The molecule has 1 N–H and O–H groups in total. The standard InChI is InChI=1S/C10H10N2O2/c1-6-3-7-5-12(2)11-9(7)8(4-6)10(13)14/h3-5H,1-2H3,(H,13,14). The van der Waals surface area contributed by atoms with Crippen molar-refractivity contribution in [1.82, 2.24) is 9.78 Å². The number of carbonyl (C=O) groups is 1. The Morgan fingerprint density at radius 2 is 2.21 bits per heavy atom. The third-order valence-corrected chi connectivity index (χ3v) is 2.10. The lowest BCUT2D eigenvalue weighted by atomic mass is 10.1. The summed E-state index contributed by atoms with van der Waals surface area (Å²) >= 11 is 0. The molecule has 0 spiro atoms. The first kappa shape index (κ1) is 8.74. The van der Waals surface area contributed by atoms with E-state index in [1.807, 2.05) is 19.2 Å². The minimum atomic E-state index is -0.933. The molecule has 0 saturated heterocycles. The van der Waals surface area contributed by atoms with Gasteiger partial charge in [-0.05, 0) is 24.6 Å². The van der Waals surface area contributed by atoms with Crippen molar-refractivity contribution < 1.29 is 9.90 Å². The zero-order valence-corrected chi connectivity index (χ0v) is 7.98. The van der Waals surface area contributed by atoms with E-state index in [9.17, 15) is 4.79 Å². The van der Waals surface area contributed by atoms with Gasteiger partial charge < -0.3 is 5.11 Å². The van der Waals surface area contributed by atoms with Crippen LogP contribution in [0.5, 0.6) is 0 Å². The van der Waals surface area contributed by atoms with Crippen LogP contribution in [-0.2, 0) is 7.05 Å². The van der Waals surface area contributed by atoms with Crippen LogP contribution in [0.25, 0.3) is 10.9 Å². The van der Waals surface area contributed by atoms with Crippen molar-refractivity contribution in [1.29, 1.82) is 0 Å². The van der Waals surface area contributed by atoms with E-state index in [-0.39, 0.29) is 5.56 Å². The zero-order valence-electron chi connectivity index (χ0n) is 7.98. The summed E-state index contributed by atoms with van der Waals surface area (Å²) in [5.41, 5.74) is 1.74. The molecule has 1 aromatic carbocycles. The Bertz CT molecular complexity index is 514. The lowest BCUT2D eigenvalue weighted by Crippen LogP contribution is -1.98. The molecule has 1 heterocycles. The van der Waals surface area contributed by atoms with Crippen molar-refractivity contribution >= 4 is 16.9 Å². The molecule has 0 fully saturated rings. The van der Waals surface area contributed by atoms with E-state index in [4.69, 9.17) is 5.11 Å². The Morgan fingerprint density at radius 1 is 1.50 bits per heavy atom. The van der Waals surface area contributed by atoms with E-state index < -0.39 is 5.97 Å². The van der Waals surface area contributed by atoms with Crippen molar-refractivity contribution in [2.24, 2.45) is 7.05 Å². The second-order valence-corrected chi connectivity index (χ2v) is 3.36. The highest BCUT2D eigenvalue weighted by Crippen LogP contribution is 2.19. The Morgan fingerprint density at radius 3 is 2.86 bits per heavy atom. The van der Waals surface area contributed by atoms with E-state index in [2.05, 4.69) is 5.10 Å². The molecule has 0 aliphatic carbocycles. The highest BCUT2D eigenvalue weighted by atomic mass is 16.4. The van der Waals surface area contributed by atoms with Crippen LogP contribution in [0.1, 0.15) is 15.9 Å². The smallest absolute Gasteiger partial charge is 0.337 e. The molecule has 2 aromatic rings. The Kier molecular flexibility index (Phi) is 1.77. The molecule has 2 rings (SSSR count). The molecule has 4 nitrogen and oxygen atoms in total. The molecule has 72 valence electrons. The van der Waals surface area contributed by atoms with Crippen molar-refractivity contribution in [3.05, 3.63) is 29.5 Å². The molecule has 0 amide bonds. The van der Waals surface area contributed by atoms with E-state index >= 15 is 0 Å². The average molecular weight is 190 g/mol. The predicted molar refractivity (Wildman–Crippen MR) is 52.4 cm³/mol. The number of rotatable bonds is 1. The number of fused-ring (bicyclic) bond motifs is 1. The average Bonchev–Trinajstić information content (AvgIpc) is 2.42. The highest BCUT2D eigenvalue weighted by molar-refractivity contribution is 6.02. The van der Waals surface area contributed by atoms with E-state index in [1.165, 1.54) is 0 Å². The lowest BCUT2D eigenvalue weighted by molar-refractivity contribution is 0.0698. The summed E-state index contributed by atoms with van der Waals surface area (Å²) in [4.78, 5) is 10.9. The van der Waals surface area contributed by atoms with Gasteiger partial charge in [-0.1, -0.05) is 0 Å². The number of aromatic carboxylic acids is 1. The van der Waals surface area contributed by atoms with Crippen LogP contribution in [0, 0.1) is 6.92 Å². The van der Waals surface area contributed by atoms with Crippen LogP contribution >= 0.6 is 0 Å². The molecule has 0 radical (unpaired) electrons. The summed E-state index contributed by atoms with van der Waals surface area (Å²) in [6, 6.07) is 3.56. The number of carboxylic acids is 1. The molecule has 0 atom stereocenters. The fourth-order valence-electron chi connectivity index (χ4n) is 1.57. The number of carboxylic acid groups (broad SMARTS) is 1. The predicted octanol–water partition coefficient (Wildman–Crippen LogP) is 1.58. The van der Waals surface area contributed by atoms with Crippen LogP contribution < -0.4 is 0 Å². The van der Waals surface area contributed by atoms with Crippen LogP contribution in [0.2, 0.25) is 0 Å². The van der Waals surface area contributed by atoms with Gasteiger partial charge >= 0.3 is 5.97 Å². The fraction of sp³-hybridized carbons (Fsp3) is 0.200. The van der Waals surface area contributed by atoms with Gasteiger partial charge in [-0.2, -0.15) is 5.10 Å². The van der Waals surface area contributed by atoms with Crippen LogP contribution in [-0.4, -0.2) is 20.9 Å². The monoisotopic (exact) mass is 190 g/mol. The maximum absolute atomic E-state index is 10.9. The van der Waals surface area contributed by atoms with E-state index in [0.717, 1.165) is 10.9 Å². The Labute approximate surface area is 80.8 Å². The van der Waals surface area contributed by atoms with Crippen molar-refractivity contribution in [2.75, 3.05) is 0 Å². The summed E-state index contributed by atoms with van der Waals surface area (Å²) in [6.07, 6.45) is 1.81. The maximum atomic E-state index is 10.9. The molecule has 4 heteroatoms. The van der Waals surface area contributed by atoms with E-state index in [0.29, 0.717) is 5.52 Å². The number of nitrogens with zero attached hydrogens (tertiary/aromatic N) is 2. The van der Waals surface area contributed by atoms with Gasteiger partial charge in [0.05, 0.1) is 5.56 Å². The molecular formula is C10H10N2O2. The topological polar surface area (TPSA) is 55.1 Å². The molecular weight excluding hydrogens is 180 g/mol. The summed E-state index contributed by atoms with van der Waals surface area (Å²) in [5.74, 6) is -0.933. The van der Waals surface area contributed by atoms with Gasteiger partial charge in [0.1, 0.15) is 5.52 Å². The van der Waals surface area contributed by atoms with Crippen molar-refractivity contribution in [3.8, 4) is 0 Å². The third-order valence-electron chi connectivity index (χ3n) is 2.10. The molecule has 0 bridgehead atoms. The molecule has 14 heavy (non-hydrogen) atoms. The third kappa shape index (κ3) is 1.25. The van der Waals surface area contributed by atoms with Gasteiger partial charge in [-0.15, -0.1) is 0 Å². The SMILES string of the molecule is Cc1cc(C(=O)O)c2nn(C)cc2c1. The van der Waals surface area contributed by atoms with Crippen LogP contribution in [0.3, 0.4) is 0 Å². The summed E-state index contributed by atoms with van der Waals surface area (Å²) in [6.45, 7) is 1.87. The number of aromatic nitrogens is 2. The Balaban J connectivity index is 2.85. The van der Waals surface area contributed by atoms with Crippen LogP contribution in [0.4, 0.5) is 0 Å². The first-order valence-corrected chi connectivity index (χ1v) is 4.25. The number of aryl methyl sites for hydroxylation is 2. The maximum Gasteiger partial charge on any atom is 0.337 e. The largest absolute Gasteiger partial charge is 0.478 e. The number of benzene rings is 1. The molecule has 1 aromatic heterocycles. The number of hydrogen-bond donors (Lipinski definition) is 1. The van der Waals surface area contributed by atoms with Crippen molar-refractivity contribution in [3.63, 3.8) is 0 Å². The zero-order chi connectivity index (χ0) is 10.3. The van der Waals surface area contributed by atoms with Gasteiger partial charge in [0, 0.05) is 18.6 Å². The van der Waals surface area contributed by atoms with Gasteiger partial charge in [-0.3, -0.25) is 4.68 Å². The summed E-state index contributed by atoms with van der Waals surface area (Å²) in [7, 11) is 1.78. The normalized spacial score (nSPS) is 10.7. The first-order valence-electron chi connectivity index (χ1n) is 4.25. The second kappa shape index (κ2) is 2.83. The Hall–Kier alpha value is -1.84. The van der Waals surface area contributed by atoms with Crippen LogP contribution in [0.15, 0.2) is 18.3 Å². The molecule has 0 aliphatic heterocycles. The van der Waals surface area contributed by atoms with Crippen molar-refractivity contribution in [2.45, 2.75) is 6.92 Å².